The largest absolute Gasteiger partial charge is 0.463 e. The van der Waals surface area contributed by atoms with Gasteiger partial charge in [-0.1, -0.05) is 70.4 Å². The first-order valence-electron chi connectivity index (χ1n) is 10.3. The summed E-state index contributed by atoms with van der Waals surface area (Å²) in [6.45, 7) is 1.77. The van der Waals surface area contributed by atoms with E-state index >= 15 is 0 Å². The lowest BCUT2D eigenvalue weighted by Gasteiger charge is -2.08. The van der Waals surface area contributed by atoms with Crippen LogP contribution in [-0.4, -0.2) is 35.5 Å². The number of unbranched alkanes of at least 4 members (excludes halogenated alkanes) is 11. The van der Waals surface area contributed by atoms with Gasteiger partial charge in [-0.05, 0) is 32.1 Å². The Balaban J connectivity index is 3.21. The second kappa shape index (κ2) is 19.5. The molecule has 0 bridgehead atoms. The standard InChI is InChI=1S/C21H40O4/c1-2-3-4-5-6-7-8-9-10-11-12-13-14-15-16-17-21(24)25-19-20(23)18-22/h7-8,20,22-23H,2-6,9-19H2,1H3/b8-7-/t20-/m0/s1. The molecule has 1 atom stereocenters. The number of aliphatic hydroxyl groups is 2. The molecule has 0 unspecified atom stereocenters. The van der Waals surface area contributed by atoms with E-state index in [9.17, 15) is 4.79 Å². The number of carbonyl (C=O) groups excluding carboxylic acids is 1. The van der Waals surface area contributed by atoms with Crippen molar-refractivity contribution in [3.8, 4) is 0 Å². The summed E-state index contributed by atoms with van der Waals surface area (Å²) in [5.74, 6) is -0.283. The van der Waals surface area contributed by atoms with Crippen molar-refractivity contribution in [3.05, 3.63) is 12.2 Å². The van der Waals surface area contributed by atoms with E-state index in [1.54, 1.807) is 0 Å². The number of esters is 1. The lowest BCUT2D eigenvalue weighted by molar-refractivity contribution is -0.147. The zero-order chi connectivity index (χ0) is 18.6. The first kappa shape index (κ1) is 24.1. The Morgan fingerprint density at radius 1 is 0.880 bits per heavy atom. The van der Waals surface area contributed by atoms with E-state index < -0.39 is 6.10 Å². The van der Waals surface area contributed by atoms with Crippen LogP contribution < -0.4 is 0 Å². The Kier molecular flexibility index (Phi) is 18.8. The highest BCUT2D eigenvalue weighted by atomic mass is 16.5. The van der Waals surface area contributed by atoms with Crippen LogP contribution in [0.3, 0.4) is 0 Å². The molecule has 148 valence electrons. The summed E-state index contributed by atoms with van der Waals surface area (Å²) < 4.78 is 4.86. The van der Waals surface area contributed by atoms with Crippen molar-refractivity contribution in [2.45, 2.75) is 103 Å². The number of allylic oxidation sites excluding steroid dienone is 2. The molecule has 0 heterocycles. The molecule has 4 nitrogen and oxygen atoms in total. The topological polar surface area (TPSA) is 66.8 Å². The van der Waals surface area contributed by atoms with Crippen LogP contribution in [0.5, 0.6) is 0 Å². The first-order valence-corrected chi connectivity index (χ1v) is 10.3. The van der Waals surface area contributed by atoms with Crippen molar-refractivity contribution in [2.75, 3.05) is 13.2 Å². The minimum Gasteiger partial charge on any atom is -0.463 e. The molecule has 0 aliphatic rings. The number of hydrogen-bond acceptors (Lipinski definition) is 4. The molecule has 0 amide bonds. The average molecular weight is 357 g/mol. The van der Waals surface area contributed by atoms with Gasteiger partial charge >= 0.3 is 5.97 Å². The Labute approximate surface area is 154 Å². The van der Waals surface area contributed by atoms with E-state index in [0.717, 1.165) is 12.8 Å². The Bertz CT molecular complexity index is 315. The molecule has 0 aliphatic carbocycles. The third-order valence-electron chi connectivity index (χ3n) is 4.29. The van der Waals surface area contributed by atoms with Gasteiger partial charge < -0.3 is 14.9 Å². The van der Waals surface area contributed by atoms with Gasteiger partial charge in [-0.25, -0.2) is 0 Å². The molecule has 0 aromatic rings. The predicted octanol–water partition coefficient (Wildman–Crippen LogP) is 4.92. The van der Waals surface area contributed by atoms with Crippen LogP contribution in [0.25, 0.3) is 0 Å². The maximum Gasteiger partial charge on any atom is 0.305 e. The number of ether oxygens (including phenoxy) is 1. The van der Waals surface area contributed by atoms with Crippen LogP contribution in [-0.2, 0) is 9.53 Å². The van der Waals surface area contributed by atoms with Crippen LogP contribution >= 0.6 is 0 Å². The highest BCUT2D eigenvalue weighted by molar-refractivity contribution is 5.69. The van der Waals surface area contributed by atoms with E-state index in [2.05, 4.69) is 19.1 Å². The minimum absolute atomic E-state index is 0.109. The third-order valence-corrected chi connectivity index (χ3v) is 4.29. The molecule has 2 N–H and O–H groups in total. The van der Waals surface area contributed by atoms with Gasteiger partial charge in [0, 0.05) is 6.42 Å². The van der Waals surface area contributed by atoms with E-state index in [1.807, 2.05) is 0 Å². The summed E-state index contributed by atoms with van der Waals surface area (Å²) in [4.78, 5) is 11.4. The molecule has 0 aromatic heterocycles. The van der Waals surface area contributed by atoms with Gasteiger partial charge in [0.25, 0.3) is 0 Å². The summed E-state index contributed by atoms with van der Waals surface area (Å²) in [5.41, 5.74) is 0. The van der Waals surface area contributed by atoms with Gasteiger partial charge in [0.2, 0.25) is 0 Å². The Morgan fingerprint density at radius 2 is 1.40 bits per heavy atom. The number of hydrogen-bond donors (Lipinski definition) is 2. The quantitative estimate of drug-likeness (QED) is 0.208. The minimum atomic E-state index is -0.958. The van der Waals surface area contributed by atoms with Crippen molar-refractivity contribution < 1.29 is 19.7 Å². The molecule has 0 rings (SSSR count). The Morgan fingerprint density at radius 3 is 1.96 bits per heavy atom. The first-order chi connectivity index (χ1) is 12.2. The van der Waals surface area contributed by atoms with Gasteiger partial charge in [-0.2, -0.15) is 0 Å². The molecule has 0 radical (unpaired) electrons. The predicted molar refractivity (Wildman–Crippen MR) is 104 cm³/mol. The van der Waals surface area contributed by atoms with Crippen molar-refractivity contribution in [3.63, 3.8) is 0 Å². The van der Waals surface area contributed by atoms with E-state index in [0.29, 0.717) is 6.42 Å². The summed E-state index contributed by atoms with van der Waals surface area (Å²) >= 11 is 0. The molecule has 0 spiro atoms. The van der Waals surface area contributed by atoms with E-state index in [1.165, 1.54) is 70.6 Å². The summed E-state index contributed by atoms with van der Waals surface area (Å²) in [5, 5.41) is 17.7. The number of carbonyl (C=O) groups is 1. The van der Waals surface area contributed by atoms with Gasteiger partial charge in [0.05, 0.1) is 6.61 Å². The number of aliphatic hydroxyl groups excluding tert-OH is 2. The third kappa shape index (κ3) is 19.3. The van der Waals surface area contributed by atoms with Crippen LogP contribution in [0.1, 0.15) is 96.8 Å². The lowest BCUT2D eigenvalue weighted by atomic mass is 10.1. The molecular weight excluding hydrogens is 316 g/mol. The maximum atomic E-state index is 11.4. The zero-order valence-corrected chi connectivity index (χ0v) is 16.3. The molecule has 0 saturated heterocycles. The summed E-state index contributed by atoms with van der Waals surface area (Å²) in [7, 11) is 0. The highest BCUT2D eigenvalue weighted by Gasteiger charge is 2.07. The highest BCUT2D eigenvalue weighted by Crippen LogP contribution is 2.11. The maximum absolute atomic E-state index is 11.4. The second-order valence-electron chi connectivity index (χ2n) is 6.85. The molecule has 0 aliphatic heterocycles. The van der Waals surface area contributed by atoms with Crippen molar-refractivity contribution in [2.24, 2.45) is 0 Å². The van der Waals surface area contributed by atoms with E-state index in [-0.39, 0.29) is 19.2 Å². The van der Waals surface area contributed by atoms with Crippen molar-refractivity contribution in [1.29, 1.82) is 0 Å². The van der Waals surface area contributed by atoms with Crippen LogP contribution in [0.4, 0.5) is 0 Å². The van der Waals surface area contributed by atoms with Gasteiger partial charge in [0.15, 0.2) is 0 Å². The second-order valence-corrected chi connectivity index (χ2v) is 6.85. The van der Waals surface area contributed by atoms with Crippen molar-refractivity contribution >= 4 is 5.97 Å². The zero-order valence-electron chi connectivity index (χ0n) is 16.3. The van der Waals surface area contributed by atoms with Gasteiger partial charge in [-0.15, -0.1) is 0 Å². The van der Waals surface area contributed by atoms with Crippen molar-refractivity contribution in [1.82, 2.24) is 0 Å². The molecule has 0 aromatic carbocycles. The molecule has 0 saturated carbocycles. The van der Waals surface area contributed by atoms with Crippen LogP contribution in [0.2, 0.25) is 0 Å². The smallest absolute Gasteiger partial charge is 0.305 e. The number of rotatable bonds is 18. The fourth-order valence-corrected chi connectivity index (χ4v) is 2.65. The SMILES string of the molecule is CCCCCC/C=C\CCCCCCCCCC(=O)OC[C@@H](O)CO. The average Bonchev–Trinajstić information content (AvgIpc) is 2.62. The van der Waals surface area contributed by atoms with Gasteiger partial charge in [0.1, 0.15) is 12.7 Å². The normalized spacial score (nSPS) is 12.6. The van der Waals surface area contributed by atoms with Gasteiger partial charge in [-0.3, -0.25) is 4.79 Å². The van der Waals surface area contributed by atoms with Crippen LogP contribution in [0, 0.1) is 0 Å². The lowest BCUT2D eigenvalue weighted by Crippen LogP contribution is -2.21. The van der Waals surface area contributed by atoms with E-state index in [4.69, 9.17) is 14.9 Å². The Hall–Kier alpha value is -0.870. The molecular formula is C21H40O4. The molecule has 0 fully saturated rings. The molecule has 25 heavy (non-hydrogen) atoms. The fraction of sp³-hybridized carbons (Fsp3) is 0.857. The monoisotopic (exact) mass is 356 g/mol. The van der Waals surface area contributed by atoms with Crippen LogP contribution in [0.15, 0.2) is 12.2 Å². The summed E-state index contributed by atoms with van der Waals surface area (Å²) in [6, 6.07) is 0. The fourth-order valence-electron chi connectivity index (χ4n) is 2.65. The molecule has 4 heteroatoms. The summed E-state index contributed by atoms with van der Waals surface area (Å²) in [6.07, 6.45) is 20.1.